The summed E-state index contributed by atoms with van der Waals surface area (Å²) in [6.45, 7) is 0. The van der Waals surface area contributed by atoms with E-state index in [-0.39, 0.29) is 11.6 Å². The van der Waals surface area contributed by atoms with Crippen molar-refractivity contribution in [3.8, 4) is 0 Å². The third kappa shape index (κ3) is 2.00. The van der Waals surface area contributed by atoms with Gasteiger partial charge in [0.1, 0.15) is 5.82 Å². The Labute approximate surface area is 90.5 Å². The average molecular weight is 220 g/mol. The number of aromatic nitrogens is 2. The smallest absolute Gasteiger partial charge is 0.258 e. The molecule has 0 bridgehead atoms. The Morgan fingerprint density at radius 1 is 1.50 bits per heavy atom. The van der Waals surface area contributed by atoms with Crippen LogP contribution in [0.25, 0.3) is 0 Å². The highest BCUT2D eigenvalue weighted by Gasteiger charge is 2.07. The number of amides is 1. The molecule has 0 saturated carbocycles. The van der Waals surface area contributed by atoms with Crippen LogP contribution in [0.2, 0.25) is 0 Å². The fourth-order valence-electron chi connectivity index (χ4n) is 1.20. The van der Waals surface area contributed by atoms with Crippen LogP contribution in [0.15, 0.2) is 30.6 Å². The molecule has 1 aromatic heterocycles. The van der Waals surface area contributed by atoms with E-state index in [1.54, 1.807) is 0 Å². The van der Waals surface area contributed by atoms with Gasteiger partial charge in [-0.25, -0.2) is 4.39 Å². The van der Waals surface area contributed by atoms with Gasteiger partial charge in [-0.3, -0.25) is 9.89 Å². The van der Waals surface area contributed by atoms with Crippen LogP contribution in [-0.2, 0) is 0 Å². The SMILES string of the molecule is Nc1cc(NC(=O)c2cn[nH]c2)ccc1F. The lowest BCUT2D eigenvalue weighted by Crippen LogP contribution is -2.11. The van der Waals surface area contributed by atoms with E-state index in [0.29, 0.717) is 11.3 Å². The van der Waals surface area contributed by atoms with Crippen LogP contribution in [-0.4, -0.2) is 16.1 Å². The molecule has 0 spiro atoms. The number of rotatable bonds is 2. The fourth-order valence-corrected chi connectivity index (χ4v) is 1.20. The zero-order chi connectivity index (χ0) is 11.5. The lowest BCUT2D eigenvalue weighted by atomic mass is 10.2. The maximum atomic E-state index is 12.9. The molecule has 0 fully saturated rings. The maximum absolute atomic E-state index is 12.9. The molecule has 0 aliphatic carbocycles. The Hall–Kier alpha value is -2.37. The van der Waals surface area contributed by atoms with Crippen molar-refractivity contribution < 1.29 is 9.18 Å². The van der Waals surface area contributed by atoms with Gasteiger partial charge in [0.15, 0.2) is 0 Å². The first kappa shape index (κ1) is 10.2. The number of nitrogen functional groups attached to an aromatic ring is 1. The zero-order valence-electron chi connectivity index (χ0n) is 8.20. The Morgan fingerprint density at radius 2 is 2.31 bits per heavy atom. The lowest BCUT2D eigenvalue weighted by Gasteiger charge is -2.04. The molecular weight excluding hydrogens is 211 g/mol. The minimum atomic E-state index is -0.513. The number of hydrogen-bond donors (Lipinski definition) is 3. The summed E-state index contributed by atoms with van der Waals surface area (Å²) in [4.78, 5) is 11.6. The molecule has 0 aliphatic rings. The second-order valence-electron chi connectivity index (χ2n) is 3.18. The number of anilines is 2. The molecule has 0 aliphatic heterocycles. The van der Waals surface area contributed by atoms with Crippen molar-refractivity contribution in [1.29, 1.82) is 0 Å². The van der Waals surface area contributed by atoms with Crippen LogP contribution in [0.1, 0.15) is 10.4 Å². The van der Waals surface area contributed by atoms with Crippen molar-refractivity contribution in [1.82, 2.24) is 10.2 Å². The molecule has 1 aromatic carbocycles. The van der Waals surface area contributed by atoms with E-state index in [1.165, 1.54) is 30.6 Å². The Bertz CT molecular complexity index is 510. The molecule has 4 N–H and O–H groups in total. The lowest BCUT2D eigenvalue weighted by molar-refractivity contribution is 0.102. The minimum absolute atomic E-state index is 0.00927. The molecule has 5 nitrogen and oxygen atoms in total. The first-order valence-corrected chi connectivity index (χ1v) is 4.52. The van der Waals surface area contributed by atoms with E-state index in [9.17, 15) is 9.18 Å². The Morgan fingerprint density at radius 3 is 2.94 bits per heavy atom. The van der Waals surface area contributed by atoms with E-state index in [4.69, 9.17) is 5.73 Å². The maximum Gasteiger partial charge on any atom is 0.258 e. The highest BCUT2D eigenvalue weighted by molar-refractivity contribution is 6.04. The summed E-state index contributed by atoms with van der Waals surface area (Å²) in [6, 6.07) is 3.98. The summed E-state index contributed by atoms with van der Waals surface area (Å²) in [5, 5.41) is 8.73. The van der Waals surface area contributed by atoms with Gasteiger partial charge in [0.25, 0.3) is 5.91 Å². The van der Waals surface area contributed by atoms with Crippen molar-refractivity contribution in [3.05, 3.63) is 42.0 Å². The molecule has 0 saturated heterocycles. The predicted molar refractivity (Wildman–Crippen MR) is 57.4 cm³/mol. The molecule has 6 heteroatoms. The Balaban J connectivity index is 2.15. The highest BCUT2D eigenvalue weighted by Crippen LogP contribution is 2.16. The number of H-pyrrole nitrogens is 1. The van der Waals surface area contributed by atoms with Gasteiger partial charge in [-0.05, 0) is 18.2 Å². The van der Waals surface area contributed by atoms with E-state index < -0.39 is 5.82 Å². The van der Waals surface area contributed by atoms with E-state index in [1.807, 2.05) is 0 Å². The summed E-state index contributed by atoms with van der Waals surface area (Å²) in [5.41, 5.74) is 6.19. The number of aromatic amines is 1. The van der Waals surface area contributed by atoms with Crippen LogP contribution >= 0.6 is 0 Å². The topological polar surface area (TPSA) is 83.8 Å². The molecule has 16 heavy (non-hydrogen) atoms. The van der Waals surface area contributed by atoms with Gasteiger partial charge in [-0.15, -0.1) is 0 Å². The standard InChI is InChI=1S/C10H9FN4O/c11-8-2-1-7(3-9(8)12)15-10(16)6-4-13-14-5-6/h1-5H,12H2,(H,13,14)(H,15,16). The van der Waals surface area contributed by atoms with Crippen molar-refractivity contribution in [2.75, 3.05) is 11.1 Å². The highest BCUT2D eigenvalue weighted by atomic mass is 19.1. The molecule has 2 rings (SSSR count). The number of nitrogens with one attached hydrogen (secondary N) is 2. The second-order valence-corrected chi connectivity index (χ2v) is 3.18. The summed E-state index contributed by atoms with van der Waals surface area (Å²) in [6.07, 6.45) is 2.85. The van der Waals surface area contributed by atoms with Crippen LogP contribution < -0.4 is 11.1 Å². The first-order valence-electron chi connectivity index (χ1n) is 4.52. The normalized spacial score (nSPS) is 10.1. The van der Waals surface area contributed by atoms with Gasteiger partial charge in [-0.1, -0.05) is 0 Å². The number of carbonyl (C=O) groups excluding carboxylic acids is 1. The van der Waals surface area contributed by atoms with Crippen molar-refractivity contribution >= 4 is 17.3 Å². The van der Waals surface area contributed by atoms with Crippen LogP contribution in [0.4, 0.5) is 15.8 Å². The molecule has 82 valence electrons. The summed E-state index contributed by atoms with van der Waals surface area (Å²) in [5.74, 6) is -0.846. The number of nitrogens with two attached hydrogens (primary N) is 1. The molecule has 0 atom stereocenters. The predicted octanol–water partition coefficient (Wildman–Crippen LogP) is 1.38. The van der Waals surface area contributed by atoms with Gasteiger partial charge in [0.2, 0.25) is 0 Å². The van der Waals surface area contributed by atoms with Crippen LogP contribution in [0.3, 0.4) is 0 Å². The quantitative estimate of drug-likeness (QED) is 0.668. The molecular formula is C10H9FN4O. The molecule has 0 unspecified atom stereocenters. The zero-order valence-corrected chi connectivity index (χ0v) is 8.20. The molecule has 0 radical (unpaired) electrons. The van der Waals surface area contributed by atoms with Crippen molar-refractivity contribution in [3.63, 3.8) is 0 Å². The third-order valence-electron chi connectivity index (χ3n) is 2.01. The number of benzene rings is 1. The van der Waals surface area contributed by atoms with E-state index >= 15 is 0 Å². The number of carbonyl (C=O) groups is 1. The van der Waals surface area contributed by atoms with Crippen LogP contribution in [0, 0.1) is 5.82 Å². The number of hydrogen-bond acceptors (Lipinski definition) is 3. The van der Waals surface area contributed by atoms with Gasteiger partial charge in [0.05, 0.1) is 17.4 Å². The van der Waals surface area contributed by atoms with Crippen LogP contribution in [0.5, 0.6) is 0 Å². The van der Waals surface area contributed by atoms with Gasteiger partial charge in [0, 0.05) is 11.9 Å². The minimum Gasteiger partial charge on any atom is -0.396 e. The molecule has 2 aromatic rings. The molecule has 1 heterocycles. The third-order valence-corrected chi connectivity index (χ3v) is 2.01. The van der Waals surface area contributed by atoms with E-state index in [0.717, 1.165) is 0 Å². The fraction of sp³-hybridized carbons (Fsp3) is 0. The average Bonchev–Trinajstić information content (AvgIpc) is 2.77. The van der Waals surface area contributed by atoms with Gasteiger partial charge < -0.3 is 11.1 Å². The van der Waals surface area contributed by atoms with E-state index in [2.05, 4.69) is 15.5 Å². The van der Waals surface area contributed by atoms with Gasteiger partial charge >= 0.3 is 0 Å². The van der Waals surface area contributed by atoms with Gasteiger partial charge in [-0.2, -0.15) is 5.10 Å². The van der Waals surface area contributed by atoms with Crippen molar-refractivity contribution in [2.45, 2.75) is 0 Å². The monoisotopic (exact) mass is 220 g/mol. The summed E-state index contributed by atoms with van der Waals surface area (Å²) in [7, 11) is 0. The molecule has 1 amide bonds. The number of halogens is 1. The number of nitrogens with zero attached hydrogens (tertiary/aromatic N) is 1. The summed E-state index contributed by atoms with van der Waals surface area (Å²) < 4.78 is 12.9. The largest absolute Gasteiger partial charge is 0.396 e. The van der Waals surface area contributed by atoms with Crippen molar-refractivity contribution in [2.24, 2.45) is 0 Å². The summed E-state index contributed by atoms with van der Waals surface area (Å²) >= 11 is 0. The first-order chi connectivity index (χ1) is 7.66. The Kier molecular flexibility index (Phi) is 2.55. The second kappa shape index (κ2) is 4.01.